The number of phenols is 1. The summed E-state index contributed by atoms with van der Waals surface area (Å²) in [7, 11) is 2.65. The van der Waals surface area contributed by atoms with Gasteiger partial charge in [-0.15, -0.1) is 0 Å². The highest BCUT2D eigenvalue weighted by atomic mass is 16.6. The predicted octanol–water partition coefficient (Wildman–Crippen LogP) is 2.08. The van der Waals surface area contributed by atoms with Crippen molar-refractivity contribution in [2.45, 2.75) is 0 Å². The second-order valence-corrected chi connectivity index (χ2v) is 4.75. The lowest BCUT2D eigenvalue weighted by Gasteiger charge is -2.08. The van der Waals surface area contributed by atoms with Crippen LogP contribution in [0.1, 0.15) is 15.9 Å². The molecule has 2 N–H and O–H groups in total. The monoisotopic (exact) mass is 345 g/mol. The SMILES string of the molecule is COc1cc(/C=N\NC(=O)c2ccccc2O)cc([N+](=O)[O-])c1OC. The van der Waals surface area contributed by atoms with Crippen molar-refractivity contribution >= 4 is 17.8 Å². The molecule has 0 aliphatic rings. The molecule has 0 unspecified atom stereocenters. The van der Waals surface area contributed by atoms with Gasteiger partial charge >= 0.3 is 5.69 Å². The van der Waals surface area contributed by atoms with Crippen LogP contribution in [0.2, 0.25) is 0 Å². The van der Waals surface area contributed by atoms with E-state index >= 15 is 0 Å². The molecular formula is C16H15N3O6. The van der Waals surface area contributed by atoms with E-state index < -0.39 is 10.8 Å². The Hall–Kier alpha value is -3.62. The van der Waals surface area contributed by atoms with Gasteiger partial charge in [0.2, 0.25) is 5.75 Å². The van der Waals surface area contributed by atoms with Gasteiger partial charge in [-0.2, -0.15) is 5.10 Å². The molecule has 25 heavy (non-hydrogen) atoms. The number of hydrogen-bond donors (Lipinski definition) is 2. The van der Waals surface area contributed by atoms with Gasteiger partial charge in [-0.1, -0.05) is 12.1 Å². The number of carbonyl (C=O) groups excluding carboxylic acids is 1. The van der Waals surface area contributed by atoms with Gasteiger partial charge in [-0.3, -0.25) is 14.9 Å². The Balaban J connectivity index is 2.23. The number of methoxy groups -OCH3 is 2. The number of ether oxygens (including phenoxy) is 2. The highest BCUT2D eigenvalue weighted by molar-refractivity contribution is 5.97. The summed E-state index contributed by atoms with van der Waals surface area (Å²) in [6.45, 7) is 0. The van der Waals surface area contributed by atoms with Crippen molar-refractivity contribution in [3.8, 4) is 17.2 Å². The average Bonchev–Trinajstić information content (AvgIpc) is 2.60. The zero-order valence-corrected chi connectivity index (χ0v) is 13.4. The molecule has 0 aliphatic heterocycles. The second-order valence-electron chi connectivity index (χ2n) is 4.75. The summed E-state index contributed by atoms with van der Waals surface area (Å²) in [5.41, 5.74) is 2.31. The maximum Gasteiger partial charge on any atom is 0.315 e. The molecule has 0 saturated heterocycles. The van der Waals surface area contributed by atoms with Crippen LogP contribution in [0.15, 0.2) is 41.5 Å². The van der Waals surface area contributed by atoms with Crippen LogP contribution in [-0.2, 0) is 0 Å². The maximum absolute atomic E-state index is 11.9. The third-order valence-corrected chi connectivity index (χ3v) is 3.21. The topological polar surface area (TPSA) is 123 Å². The third-order valence-electron chi connectivity index (χ3n) is 3.21. The smallest absolute Gasteiger partial charge is 0.315 e. The van der Waals surface area contributed by atoms with E-state index in [1.165, 1.54) is 44.7 Å². The molecule has 2 aromatic carbocycles. The van der Waals surface area contributed by atoms with Gasteiger partial charge in [0.05, 0.1) is 30.9 Å². The molecule has 1 amide bonds. The summed E-state index contributed by atoms with van der Waals surface area (Å²) < 4.78 is 10.1. The molecule has 0 saturated carbocycles. The van der Waals surface area contributed by atoms with Gasteiger partial charge in [0.25, 0.3) is 5.91 Å². The van der Waals surface area contributed by atoms with Crippen molar-refractivity contribution in [3.63, 3.8) is 0 Å². The quantitative estimate of drug-likeness (QED) is 0.469. The number of rotatable bonds is 6. The van der Waals surface area contributed by atoms with Crippen LogP contribution in [0.3, 0.4) is 0 Å². The van der Waals surface area contributed by atoms with Crippen molar-refractivity contribution in [2.75, 3.05) is 14.2 Å². The number of nitro groups is 1. The number of carbonyl (C=O) groups is 1. The van der Waals surface area contributed by atoms with E-state index in [1.54, 1.807) is 12.1 Å². The molecule has 9 heteroatoms. The van der Waals surface area contributed by atoms with Gasteiger partial charge in [0.15, 0.2) is 5.75 Å². The zero-order valence-electron chi connectivity index (χ0n) is 13.4. The number of nitrogens with one attached hydrogen (secondary N) is 1. The Morgan fingerprint density at radius 2 is 2.00 bits per heavy atom. The van der Waals surface area contributed by atoms with Gasteiger partial charge in [0, 0.05) is 11.6 Å². The first-order chi connectivity index (χ1) is 12.0. The van der Waals surface area contributed by atoms with E-state index in [1.807, 2.05) is 0 Å². The molecule has 0 bridgehead atoms. The number of amides is 1. The number of hydrazone groups is 1. The summed E-state index contributed by atoms with van der Waals surface area (Å²) in [5.74, 6) is -0.658. The van der Waals surface area contributed by atoms with Gasteiger partial charge in [-0.05, 0) is 18.2 Å². The standard InChI is InChI=1S/C16H15N3O6/c1-24-14-8-10(7-12(19(22)23)15(14)25-2)9-17-18-16(21)11-5-3-4-6-13(11)20/h3-9,20H,1-2H3,(H,18,21)/b17-9-. The predicted molar refractivity (Wildman–Crippen MR) is 89.4 cm³/mol. The lowest BCUT2D eigenvalue weighted by molar-refractivity contribution is -0.385. The number of benzene rings is 2. The highest BCUT2D eigenvalue weighted by Crippen LogP contribution is 2.37. The van der Waals surface area contributed by atoms with E-state index in [0.29, 0.717) is 5.56 Å². The Labute approximate surface area is 142 Å². The van der Waals surface area contributed by atoms with Crippen molar-refractivity contribution in [1.82, 2.24) is 5.43 Å². The van der Waals surface area contributed by atoms with Crippen molar-refractivity contribution in [3.05, 3.63) is 57.6 Å². The number of nitrogens with zero attached hydrogens (tertiary/aromatic N) is 2. The zero-order chi connectivity index (χ0) is 18.4. The lowest BCUT2D eigenvalue weighted by Crippen LogP contribution is -2.17. The van der Waals surface area contributed by atoms with Crippen LogP contribution in [0.5, 0.6) is 17.2 Å². The minimum Gasteiger partial charge on any atom is -0.507 e. The first kappa shape index (κ1) is 17.7. The van der Waals surface area contributed by atoms with E-state index in [4.69, 9.17) is 9.47 Å². The highest BCUT2D eigenvalue weighted by Gasteiger charge is 2.21. The molecule has 9 nitrogen and oxygen atoms in total. The van der Waals surface area contributed by atoms with E-state index in [-0.39, 0.29) is 28.5 Å². The van der Waals surface area contributed by atoms with E-state index in [0.717, 1.165) is 0 Å². The van der Waals surface area contributed by atoms with Crippen LogP contribution in [0, 0.1) is 10.1 Å². The number of phenolic OH excluding ortho intramolecular Hbond substituents is 1. The molecule has 130 valence electrons. The minimum atomic E-state index is -0.621. The minimum absolute atomic E-state index is 0.0112. The number of nitro benzene ring substituents is 1. The van der Waals surface area contributed by atoms with E-state index in [9.17, 15) is 20.0 Å². The largest absolute Gasteiger partial charge is 0.507 e. The van der Waals surface area contributed by atoms with Gasteiger partial charge in [0.1, 0.15) is 5.75 Å². The van der Waals surface area contributed by atoms with Gasteiger partial charge < -0.3 is 14.6 Å². The van der Waals surface area contributed by atoms with Crippen LogP contribution in [0.25, 0.3) is 0 Å². The first-order valence-electron chi connectivity index (χ1n) is 6.99. The number of hydrogen-bond acceptors (Lipinski definition) is 7. The fourth-order valence-corrected chi connectivity index (χ4v) is 2.07. The third kappa shape index (κ3) is 4.02. The summed E-state index contributed by atoms with van der Waals surface area (Å²) in [6.07, 6.45) is 1.22. The molecule has 0 aromatic heterocycles. The van der Waals surface area contributed by atoms with Crippen LogP contribution >= 0.6 is 0 Å². The summed E-state index contributed by atoms with van der Waals surface area (Å²) in [4.78, 5) is 22.4. The van der Waals surface area contributed by atoms with E-state index in [2.05, 4.69) is 10.5 Å². The van der Waals surface area contributed by atoms with Crippen LogP contribution in [0.4, 0.5) is 5.69 Å². The molecule has 0 fully saturated rings. The van der Waals surface area contributed by atoms with Crippen LogP contribution in [-0.4, -0.2) is 36.4 Å². The fourth-order valence-electron chi connectivity index (χ4n) is 2.07. The fraction of sp³-hybridized carbons (Fsp3) is 0.125. The molecule has 0 radical (unpaired) electrons. The summed E-state index contributed by atoms with van der Waals surface area (Å²) in [6, 6.07) is 8.68. The van der Waals surface area contributed by atoms with Crippen molar-refractivity contribution in [2.24, 2.45) is 5.10 Å². The first-order valence-corrected chi connectivity index (χ1v) is 6.99. The summed E-state index contributed by atoms with van der Waals surface area (Å²) in [5, 5.41) is 24.5. The second kappa shape index (κ2) is 7.77. The molecule has 2 rings (SSSR count). The average molecular weight is 345 g/mol. The normalized spacial score (nSPS) is 10.5. The molecule has 0 spiro atoms. The molecule has 0 aliphatic carbocycles. The Morgan fingerprint density at radius 1 is 1.28 bits per heavy atom. The molecular weight excluding hydrogens is 330 g/mol. The van der Waals surface area contributed by atoms with Crippen LogP contribution < -0.4 is 14.9 Å². The number of para-hydroxylation sites is 1. The molecule has 2 aromatic rings. The van der Waals surface area contributed by atoms with Gasteiger partial charge in [-0.25, -0.2) is 5.43 Å². The molecule has 0 heterocycles. The summed E-state index contributed by atoms with van der Waals surface area (Å²) >= 11 is 0. The Kier molecular flexibility index (Phi) is 5.51. The lowest BCUT2D eigenvalue weighted by atomic mass is 10.2. The Morgan fingerprint density at radius 3 is 2.60 bits per heavy atom. The van der Waals surface area contributed by atoms with Crippen molar-refractivity contribution in [1.29, 1.82) is 0 Å². The molecule has 0 atom stereocenters. The van der Waals surface area contributed by atoms with Crippen molar-refractivity contribution < 1.29 is 24.3 Å². The Bertz CT molecular complexity index is 835. The maximum atomic E-state index is 11.9. The number of aromatic hydroxyl groups is 1.